The Hall–Kier alpha value is -0.910. The van der Waals surface area contributed by atoms with Crippen LogP contribution in [0.5, 0.6) is 0 Å². The summed E-state index contributed by atoms with van der Waals surface area (Å²) in [4.78, 5) is 16.7. The van der Waals surface area contributed by atoms with Crippen LogP contribution in [0, 0.1) is 12.8 Å². The number of nitrogens with zero attached hydrogens (tertiary/aromatic N) is 1. The molecule has 0 bridgehead atoms. The van der Waals surface area contributed by atoms with Crippen LogP contribution in [0.4, 0.5) is 0 Å². The fourth-order valence-corrected chi connectivity index (χ4v) is 3.43. The van der Waals surface area contributed by atoms with Crippen LogP contribution in [0.3, 0.4) is 0 Å². The minimum Gasteiger partial charge on any atom is -0.384 e. The number of hydrogen-bond acceptors (Lipinski definition) is 4. The Balaban J connectivity index is 2.14. The highest BCUT2D eigenvalue weighted by atomic mass is 32.1. The second-order valence-corrected chi connectivity index (χ2v) is 6.61. The van der Waals surface area contributed by atoms with Gasteiger partial charge >= 0.3 is 0 Å². The number of amides is 1. The Morgan fingerprint density at radius 3 is 2.84 bits per heavy atom. The van der Waals surface area contributed by atoms with Gasteiger partial charge in [-0.15, -0.1) is 11.3 Å². The molecule has 0 radical (unpaired) electrons. The Bertz CT molecular complexity index is 446. The Morgan fingerprint density at radius 2 is 2.26 bits per heavy atom. The Labute approximate surface area is 118 Å². The van der Waals surface area contributed by atoms with Gasteiger partial charge in [0.25, 0.3) is 0 Å². The highest BCUT2D eigenvalue weighted by Crippen LogP contribution is 2.30. The molecule has 3 atom stereocenters. The molecule has 0 aliphatic carbocycles. The van der Waals surface area contributed by atoms with E-state index in [1.54, 1.807) is 18.4 Å². The van der Waals surface area contributed by atoms with Crippen LogP contribution < -0.4 is 5.32 Å². The monoisotopic (exact) mass is 282 g/mol. The van der Waals surface area contributed by atoms with E-state index in [9.17, 15) is 4.79 Å². The van der Waals surface area contributed by atoms with Crippen molar-refractivity contribution in [2.45, 2.75) is 33.0 Å². The number of methoxy groups -OCH3 is 1. The molecule has 3 unspecified atom stereocenters. The summed E-state index contributed by atoms with van der Waals surface area (Å²) >= 11 is 1.75. The zero-order valence-corrected chi connectivity index (χ0v) is 12.8. The predicted molar refractivity (Wildman–Crippen MR) is 77.1 cm³/mol. The molecule has 1 aliphatic heterocycles. The van der Waals surface area contributed by atoms with E-state index < -0.39 is 0 Å². The fourth-order valence-electron chi connectivity index (χ4n) is 2.48. The summed E-state index contributed by atoms with van der Waals surface area (Å²) in [5.41, 5.74) is 0. The van der Waals surface area contributed by atoms with E-state index in [0.717, 1.165) is 6.54 Å². The molecule has 1 N–H and O–H groups in total. The fraction of sp³-hybridized carbons (Fsp3) is 0.643. The molecule has 4 nitrogen and oxygen atoms in total. The van der Waals surface area contributed by atoms with Crippen molar-refractivity contribution in [3.05, 3.63) is 21.9 Å². The second-order valence-electron chi connectivity index (χ2n) is 5.29. The molecule has 1 aromatic rings. The lowest BCUT2D eigenvalue weighted by Crippen LogP contribution is -2.35. The SMILES string of the molecule is COCC(C)CN1C(=O)C(C)NC1c1ccc(C)s1. The van der Waals surface area contributed by atoms with E-state index >= 15 is 0 Å². The van der Waals surface area contributed by atoms with Gasteiger partial charge in [0, 0.05) is 23.4 Å². The molecular formula is C14H22N2O2S. The van der Waals surface area contributed by atoms with Crippen LogP contribution >= 0.6 is 11.3 Å². The van der Waals surface area contributed by atoms with Gasteiger partial charge in [0.15, 0.2) is 0 Å². The van der Waals surface area contributed by atoms with Crippen LogP contribution in [-0.2, 0) is 9.53 Å². The number of carbonyl (C=O) groups excluding carboxylic acids is 1. The first-order valence-electron chi connectivity index (χ1n) is 6.64. The van der Waals surface area contributed by atoms with Crippen molar-refractivity contribution < 1.29 is 9.53 Å². The summed E-state index contributed by atoms with van der Waals surface area (Å²) in [6.07, 6.45) is 0.0144. The molecule has 1 aliphatic rings. The van der Waals surface area contributed by atoms with Gasteiger partial charge in [-0.2, -0.15) is 0 Å². The predicted octanol–water partition coefficient (Wildman–Crippen LogP) is 2.16. The molecule has 1 fully saturated rings. The number of aryl methyl sites for hydroxylation is 1. The first-order valence-corrected chi connectivity index (χ1v) is 7.46. The molecule has 1 saturated heterocycles. The van der Waals surface area contributed by atoms with Gasteiger partial charge in [0.2, 0.25) is 5.91 Å². The van der Waals surface area contributed by atoms with Crippen molar-refractivity contribution in [3.63, 3.8) is 0 Å². The van der Waals surface area contributed by atoms with Gasteiger partial charge in [-0.25, -0.2) is 0 Å². The normalized spacial score (nSPS) is 25.1. The Morgan fingerprint density at radius 1 is 1.53 bits per heavy atom. The van der Waals surface area contributed by atoms with E-state index in [4.69, 9.17) is 4.74 Å². The third kappa shape index (κ3) is 3.16. The highest BCUT2D eigenvalue weighted by Gasteiger charge is 2.38. The minimum atomic E-state index is -0.109. The maximum Gasteiger partial charge on any atom is 0.241 e. The molecule has 2 rings (SSSR count). The summed E-state index contributed by atoms with van der Waals surface area (Å²) in [6, 6.07) is 4.10. The zero-order valence-electron chi connectivity index (χ0n) is 12.0. The average molecular weight is 282 g/mol. The van der Waals surface area contributed by atoms with Crippen molar-refractivity contribution in [3.8, 4) is 0 Å². The number of ether oxygens (including phenoxy) is 1. The van der Waals surface area contributed by atoms with Gasteiger partial charge in [-0.3, -0.25) is 10.1 Å². The van der Waals surface area contributed by atoms with Crippen molar-refractivity contribution >= 4 is 17.2 Å². The highest BCUT2D eigenvalue weighted by molar-refractivity contribution is 7.12. The van der Waals surface area contributed by atoms with Crippen LogP contribution in [0.15, 0.2) is 12.1 Å². The largest absolute Gasteiger partial charge is 0.384 e. The number of carbonyl (C=O) groups is 1. The minimum absolute atomic E-state index is 0.0144. The molecule has 1 amide bonds. The third-order valence-electron chi connectivity index (χ3n) is 3.36. The van der Waals surface area contributed by atoms with Gasteiger partial charge in [-0.05, 0) is 31.9 Å². The standard InChI is InChI=1S/C14H22N2O2S/c1-9(8-18-4)7-16-13(15-11(3)14(16)17)12-6-5-10(2)19-12/h5-6,9,11,13,15H,7-8H2,1-4H3. The average Bonchev–Trinajstić information content (AvgIpc) is 2.89. The van der Waals surface area contributed by atoms with Crippen molar-refractivity contribution in [2.24, 2.45) is 5.92 Å². The summed E-state index contributed by atoms with van der Waals surface area (Å²) in [7, 11) is 1.70. The number of nitrogens with one attached hydrogen (secondary N) is 1. The van der Waals surface area contributed by atoms with Crippen molar-refractivity contribution in [1.82, 2.24) is 10.2 Å². The summed E-state index contributed by atoms with van der Waals surface area (Å²) < 4.78 is 5.17. The lowest BCUT2D eigenvalue weighted by atomic mass is 10.1. The molecule has 2 heterocycles. The van der Waals surface area contributed by atoms with Crippen LogP contribution in [0.1, 0.15) is 29.8 Å². The number of thiophene rings is 1. The van der Waals surface area contributed by atoms with Gasteiger partial charge in [0.1, 0.15) is 6.17 Å². The van der Waals surface area contributed by atoms with E-state index in [1.807, 2.05) is 11.8 Å². The lowest BCUT2D eigenvalue weighted by Gasteiger charge is -2.26. The second kappa shape index (κ2) is 6.03. The summed E-state index contributed by atoms with van der Waals surface area (Å²) in [5, 5.41) is 3.38. The molecule has 0 spiro atoms. The molecular weight excluding hydrogens is 260 g/mol. The third-order valence-corrected chi connectivity index (χ3v) is 4.42. The first kappa shape index (κ1) is 14.5. The molecule has 0 saturated carbocycles. The zero-order chi connectivity index (χ0) is 14.0. The molecule has 0 aromatic carbocycles. The summed E-state index contributed by atoms with van der Waals surface area (Å²) in [5.74, 6) is 0.517. The lowest BCUT2D eigenvalue weighted by molar-refractivity contribution is -0.130. The Kier molecular flexibility index (Phi) is 4.60. The quantitative estimate of drug-likeness (QED) is 0.900. The first-order chi connectivity index (χ1) is 9.02. The smallest absolute Gasteiger partial charge is 0.241 e. The maximum absolute atomic E-state index is 12.3. The van der Waals surface area contributed by atoms with E-state index in [1.165, 1.54) is 9.75 Å². The van der Waals surface area contributed by atoms with E-state index in [-0.39, 0.29) is 18.1 Å². The number of rotatable bonds is 5. The summed E-state index contributed by atoms with van der Waals surface area (Å²) in [6.45, 7) is 7.53. The topological polar surface area (TPSA) is 41.6 Å². The van der Waals surface area contributed by atoms with Gasteiger partial charge < -0.3 is 9.64 Å². The maximum atomic E-state index is 12.3. The number of hydrogen-bond donors (Lipinski definition) is 1. The van der Waals surface area contributed by atoms with E-state index in [2.05, 4.69) is 31.3 Å². The van der Waals surface area contributed by atoms with Gasteiger partial charge in [-0.1, -0.05) is 6.92 Å². The van der Waals surface area contributed by atoms with Gasteiger partial charge in [0.05, 0.1) is 12.6 Å². The van der Waals surface area contributed by atoms with Crippen LogP contribution in [0.2, 0.25) is 0 Å². The van der Waals surface area contributed by atoms with Crippen molar-refractivity contribution in [2.75, 3.05) is 20.3 Å². The van der Waals surface area contributed by atoms with E-state index in [0.29, 0.717) is 12.5 Å². The molecule has 106 valence electrons. The van der Waals surface area contributed by atoms with Crippen molar-refractivity contribution in [1.29, 1.82) is 0 Å². The molecule has 1 aromatic heterocycles. The van der Waals surface area contributed by atoms with Crippen LogP contribution in [-0.4, -0.2) is 37.1 Å². The van der Waals surface area contributed by atoms with Crippen LogP contribution in [0.25, 0.3) is 0 Å². The molecule has 19 heavy (non-hydrogen) atoms. The molecule has 5 heteroatoms.